The Morgan fingerprint density at radius 1 is 1.36 bits per heavy atom. The summed E-state index contributed by atoms with van der Waals surface area (Å²) in [5.41, 5.74) is 0.905. The van der Waals surface area contributed by atoms with Gasteiger partial charge in [-0.3, -0.25) is 0 Å². The van der Waals surface area contributed by atoms with Gasteiger partial charge in [-0.25, -0.2) is 0 Å². The lowest BCUT2D eigenvalue weighted by Crippen LogP contribution is -2.04. The van der Waals surface area contributed by atoms with Crippen molar-refractivity contribution in [2.45, 2.75) is 0 Å². The largest absolute Gasteiger partial charge is 0.440 e. The summed E-state index contributed by atoms with van der Waals surface area (Å²) in [4.78, 5) is 11.0. The number of hydrogen-bond acceptors (Lipinski definition) is 2. The first-order chi connectivity index (χ1) is 5.29. The zero-order chi connectivity index (χ0) is 7.84. The van der Waals surface area contributed by atoms with E-state index >= 15 is 0 Å². The van der Waals surface area contributed by atoms with Crippen molar-refractivity contribution in [1.29, 1.82) is 0 Å². The van der Waals surface area contributed by atoms with Gasteiger partial charge in [-0.1, -0.05) is 24.3 Å². The molecule has 0 aliphatic heterocycles. The Morgan fingerprint density at radius 3 is 2.82 bits per heavy atom. The predicted molar refractivity (Wildman–Crippen MR) is 46.8 cm³/mol. The Labute approximate surface area is 67.7 Å². The second-order valence-corrected chi connectivity index (χ2v) is 3.26. The van der Waals surface area contributed by atoms with Gasteiger partial charge in [-0.05, 0) is 10.2 Å². The van der Waals surface area contributed by atoms with Crippen LogP contribution in [0.4, 0.5) is 0 Å². The lowest BCUT2D eigenvalue weighted by Gasteiger charge is -1.99. The highest BCUT2D eigenvalue weighted by atomic mass is 32.1. The van der Waals surface area contributed by atoms with E-state index in [1.54, 1.807) is 0 Å². The van der Waals surface area contributed by atoms with Crippen molar-refractivity contribution in [2.75, 3.05) is 0 Å². The van der Waals surface area contributed by atoms with Gasteiger partial charge < -0.3 is 9.36 Å². The van der Waals surface area contributed by atoms with Crippen LogP contribution in [-0.2, 0) is 0 Å². The van der Waals surface area contributed by atoms with Crippen LogP contribution in [0.15, 0.2) is 29.1 Å². The van der Waals surface area contributed by atoms with Crippen LogP contribution in [0.1, 0.15) is 0 Å². The van der Waals surface area contributed by atoms with Crippen LogP contribution in [0.3, 0.4) is 0 Å². The SMILES string of the molecule is [CH2-]n1c(=O)sc2ccccc21. The molecule has 0 atom stereocenters. The zero-order valence-corrected chi connectivity index (χ0v) is 6.60. The standard InChI is InChI=1S/C8H6NOS/c1-9-6-4-2-3-5-7(6)11-8(9)10/h2-5H,1H2/q-1. The van der Waals surface area contributed by atoms with Gasteiger partial charge in [-0.2, -0.15) is 11.3 Å². The molecule has 2 aromatic rings. The summed E-state index contributed by atoms with van der Waals surface area (Å²) in [6, 6.07) is 7.62. The van der Waals surface area contributed by atoms with Gasteiger partial charge in [-0.15, -0.1) is 7.05 Å². The fourth-order valence-corrected chi connectivity index (χ4v) is 1.84. The highest BCUT2D eigenvalue weighted by Crippen LogP contribution is 2.14. The molecule has 2 rings (SSSR count). The summed E-state index contributed by atoms with van der Waals surface area (Å²) in [5, 5.41) is 0. The van der Waals surface area contributed by atoms with Crippen molar-refractivity contribution in [3.8, 4) is 0 Å². The highest BCUT2D eigenvalue weighted by Gasteiger charge is 1.91. The molecule has 56 valence electrons. The molecule has 11 heavy (non-hydrogen) atoms. The summed E-state index contributed by atoms with van der Waals surface area (Å²) in [6.45, 7) is 0. The van der Waals surface area contributed by atoms with Crippen molar-refractivity contribution in [3.05, 3.63) is 41.0 Å². The molecule has 0 aliphatic carbocycles. The van der Waals surface area contributed by atoms with Crippen LogP contribution in [0.5, 0.6) is 0 Å². The van der Waals surface area contributed by atoms with E-state index in [2.05, 4.69) is 7.05 Å². The molecule has 0 radical (unpaired) electrons. The molecule has 2 nitrogen and oxygen atoms in total. The Bertz CT molecular complexity index is 441. The number of para-hydroxylation sites is 1. The van der Waals surface area contributed by atoms with Crippen LogP contribution in [-0.4, -0.2) is 4.57 Å². The second-order valence-electron chi connectivity index (χ2n) is 2.26. The van der Waals surface area contributed by atoms with E-state index in [0.29, 0.717) is 0 Å². The molecule has 0 saturated carbocycles. The lowest BCUT2D eigenvalue weighted by atomic mass is 10.3. The van der Waals surface area contributed by atoms with Crippen LogP contribution in [0, 0.1) is 7.05 Å². The molecule has 0 amide bonds. The Balaban J connectivity index is 3.04. The average molecular weight is 164 g/mol. The smallest absolute Gasteiger partial charge is 0.196 e. The zero-order valence-electron chi connectivity index (χ0n) is 5.78. The second kappa shape index (κ2) is 2.13. The maximum atomic E-state index is 11.1. The molecule has 0 fully saturated rings. The van der Waals surface area contributed by atoms with Crippen LogP contribution >= 0.6 is 11.3 Å². The van der Waals surface area contributed by atoms with Crippen molar-refractivity contribution >= 4 is 21.6 Å². The number of hydrogen-bond donors (Lipinski definition) is 0. The van der Waals surface area contributed by atoms with Crippen molar-refractivity contribution < 1.29 is 0 Å². The number of rotatable bonds is 0. The Kier molecular flexibility index (Phi) is 1.26. The number of nitrogens with zero attached hydrogens (tertiary/aromatic N) is 1. The number of fused-ring (bicyclic) bond motifs is 1. The maximum absolute atomic E-state index is 11.1. The Hall–Kier alpha value is -1.22. The van der Waals surface area contributed by atoms with Gasteiger partial charge in [0.1, 0.15) is 0 Å². The summed E-state index contributed by atoms with van der Waals surface area (Å²) in [5.74, 6) is 0. The fourth-order valence-electron chi connectivity index (χ4n) is 1.01. The van der Waals surface area contributed by atoms with Gasteiger partial charge in [0.05, 0.1) is 0 Å². The lowest BCUT2D eigenvalue weighted by molar-refractivity contribution is 1.10. The fraction of sp³-hybridized carbons (Fsp3) is 0. The van der Waals surface area contributed by atoms with Gasteiger partial charge in [0.25, 0.3) is 0 Å². The van der Waals surface area contributed by atoms with Crippen LogP contribution in [0.2, 0.25) is 0 Å². The molecular weight excluding hydrogens is 158 g/mol. The van der Waals surface area contributed by atoms with Crippen LogP contribution in [0.25, 0.3) is 10.2 Å². The number of aromatic nitrogens is 1. The van der Waals surface area contributed by atoms with E-state index in [-0.39, 0.29) is 4.87 Å². The molecule has 0 aliphatic rings. The summed E-state index contributed by atoms with van der Waals surface area (Å²) < 4.78 is 2.41. The van der Waals surface area contributed by atoms with Gasteiger partial charge in [0.2, 0.25) is 0 Å². The summed E-state index contributed by atoms with van der Waals surface area (Å²) in [6.07, 6.45) is 0. The van der Waals surface area contributed by atoms with E-state index in [9.17, 15) is 4.79 Å². The molecule has 1 heterocycles. The molecule has 0 N–H and O–H groups in total. The minimum Gasteiger partial charge on any atom is -0.440 e. The monoisotopic (exact) mass is 164 g/mol. The van der Waals surface area contributed by atoms with Crippen LogP contribution < -0.4 is 4.87 Å². The van der Waals surface area contributed by atoms with Crippen molar-refractivity contribution in [3.63, 3.8) is 0 Å². The molecule has 0 unspecified atom stereocenters. The number of benzene rings is 1. The normalized spacial score (nSPS) is 10.5. The maximum Gasteiger partial charge on any atom is 0.196 e. The van der Waals surface area contributed by atoms with Gasteiger partial charge in [0.15, 0.2) is 4.87 Å². The van der Waals surface area contributed by atoms with Gasteiger partial charge >= 0.3 is 0 Å². The van der Waals surface area contributed by atoms with E-state index in [1.807, 2.05) is 24.3 Å². The molecule has 0 saturated heterocycles. The average Bonchev–Trinajstić information content (AvgIpc) is 2.30. The van der Waals surface area contributed by atoms with E-state index in [0.717, 1.165) is 10.2 Å². The summed E-state index contributed by atoms with van der Waals surface area (Å²) in [7, 11) is 3.62. The van der Waals surface area contributed by atoms with Crippen molar-refractivity contribution in [1.82, 2.24) is 4.57 Å². The number of thiazole rings is 1. The predicted octanol–water partition coefficient (Wildman–Crippen LogP) is 1.70. The minimum atomic E-state index is -0.00815. The molecule has 1 aromatic heterocycles. The molecule has 0 bridgehead atoms. The minimum absolute atomic E-state index is 0.00815. The topological polar surface area (TPSA) is 22.0 Å². The summed E-state index contributed by atoms with van der Waals surface area (Å²) >= 11 is 1.22. The Morgan fingerprint density at radius 2 is 2.09 bits per heavy atom. The third kappa shape index (κ3) is 0.851. The first-order valence-electron chi connectivity index (χ1n) is 3.20. The van der Waals surface area contributed by atoms with Crippen molar-refractivity contribution in [2.24, 2.45) is 0 Å². The first-order valence-corrected chi connectivity index (χ1v) is 4.02. The first kappa shape index (κ1) is 6.49. The third-order valence-corrected chi connectivity index (χ3v) is 2.53. The van der Waals surface area contributed by atoms with Gasteiger partial charge in [0, 0.05) is 0 Å². The van der Waals surface area contributed by atoms with E-state index in [4.69, 9.17) is 0 Å². The molecule has 0 spiro atoms. The quantitative estimate of drug-likeness (QED) is 0.543. The highest BCUT2D eigenvalue weighted by molar-refractivity contribution is 7.16. The molecule has 3 heteroatoms. The third-order valence-electron chi connectivity index (χ3n) is 1.57. The van der Waals surface area contributed by atoms with E-state index < -0.39 is 0 Å². The molecule has 1 aromatic carbocycles. The molecular formula is C8H6NOS-. The van der Waals surface area contributed by atoms with E-state index in [1.165, 1.54) is 15.9 Å².